The highest BCUT2D eigenvalue weighted by Crippen LogP contribution is 2.18. The third-order valence-electron chi connectivity index (χ3n) is 4.07. The molecule has 7 nitrogen and oxygen atoms in total. The Labute approximate surface area is 141 Å². The van der Waals surface area contributed by atoms with Gasteiger partial charge in [-0.3, -0.25) is 14.7 Å². The Bertz CT molecular complexity index is 659. The molecule has 2 aromatic heterocycles. The number of rotatable bonds is 7. The lowest BCUT2D eigenvalue weighted by atomic mass is 10.3. The van der Waals surface area contributed by atoms with E-state index in [-0.39, 0.29) is 12.0 Å². The van der Waals surface area contributed by atoms with Gasteiger partial charge < -0.3 is 14.6 Å². The van der Waals surface area contributed by atoms with Gasteiger partial charge in [0.05, 0.1) is 18.6 Å². The molecule has 1 fully saturated rings. The molecule has 2 aromatic rings. The third-order valence-corrected chi connectivity index (χ3v) is 4.07. The van der Waals surface area contributed by atoms with Crippen molar-refractivity contribution in [2.75, 3.05) is 19.6 Å². The van der Waals surface area contributed by atoms with Crippen LogP contribution in [0, 0.1) is 0 Å². The smallest absolute Gasteiger partial charge is 0.217 e. The van der Waals surface area contributed by atoms with Gasteiger partial charge in [0.25, 0.3) is 0 Å². The molecule has 1 saturated heterocycles. The summed E-state index contributed by atoms with van der Waals surface area (Å²) in [5.41, 5.74) is 0.803. The Balaban J connectivity index is 1.46. The van der Waals surface area contributed by atoms with E-state index in [1.54, 1.807) is 12.4 Å². The summed E-state index contributed by atoms with van der Waals surface area (Å²) in [6, 6.07) is 3.76. The number of carbonyl (C=O) groups is 1. The standard InChI is InChI=1S/C17H23N5O2/c1-14(23)20-11-15-10-16(2-4-19-15)24-17-3-6-21(12-17)8-9-22-7-5-18-13-22/h2,4-5,7,10,13,17H,3,6,8-9,11-12H2,1H3,(H,20,23). The molecule has 0 bridgehead atoms. The van der Waals surface area contributed by atoms with Crippen molar-refractivity contribution in [1.29, 1.82) is 0 Å². The summed E-state index contributed by atoms with van der Waals surface area (Å²) in [6.07, 6.45) is 8.57. The molecule has 0 spiro atoms. The molecule has 1 unspecified atom stereocenters. The quantitative estimate of drug-likeness (QED) is 0.822. The molecule has 0 saturated carbocycles. The van der Waals surface area contributed by atoms with Gasteiger partial charge in [0, 0.05) is 57.8 Å². The molecule has 0 aromatic carbocycles. The average molecular weight is 329 g/mol. The Morgan fingerprint density at radius 2 is 2.33 bits per heavy atom. The van der Waals surface area contributed by atoms with E-state index in [1.165, 1.54) is 6.92 Å². The number of carbonyl (C=O) groups excluding carboxylic acids is 1. The minimum absolute atomic E-state index is 0.0625. The molecule has 128 valence electrons. The van der Waals surface area contributed by atoms with Gasteiger partial charge in [-0.1, -0.05) is 0 Å². The van der Waals surface area contributed by atoms with Crippen molar-refractivity contribution < 1.29 is 9.53 Å². The van der Waals surface area contributed by atoms with E-state index < -0.39 is 0 Å². The SMILES string of the molecule is CC(=O)NCc1cc(OC2CCN(CCn3ccnc3)C2)ccn1. The van der Waals surface area contributed by atoms with Crippen LogP contribution < -0.4 is 10.1 Å². The molecular formula is C17H23N5O2. The van der Waals surface area contributed by atoms with Gasteiger partial charge >= 0.3 is 0 Å². The molecule has 0 radical (unpaired) electrons. The number of imidazole rings is 1. The predicted octanol–water partition coefficient (Wildman–Crippen LogP) is 1.07. The van der Waals surface area contributed by atoms with Crippen LogP contribution in [0.15, 0.2) is 37.1 Å². The summed E-state index contributed by atoms with van der Waals surface area (Å²) in [6.45, 7) is 5.84. The monoisotopic (exact) mass is 329 g/mol. The van der Waals surface area contributed by atoms with Crippen LogP contribution in [-0.2, 0) is 17.9 Å². The van der Waals surface area contributed by atoms with Gasteiger partial charge in [-0.05, 0) is 12.5 Å². The molecular weight excluding hydrogens is 306 g/mol. The number of likely N-dealkylation sites (tertiary alicyclic amines) is 1. The van der Waals surface area contributed by atoms with E-state index in [1.807, 2.05) is 24.7 Å². The molecule has 24 heavy (non-hydrogen) atoms. The minimum atomic E-state index is -0.0625. The van der Waals surface area contributed by atoms with Crippen LogP contribution in [-0.4, -0.2) is 51.1 Å². The van der Waals surface area contributed by atoms with Crippen molar-refractivity contribution in [3.63, 3.8) is 0 Å². The van der Waals surface area contributed by atoms with Crippen molar-refractivity contribution in [2.24, 2.45) is 0 Å². The van der Waals surface area contributed by atoms with Crippen LogP contribution in [0.2, 0.25) is 0 Å². The topological polar surface area (TPSA) is 72.3 Å². The van der Waals surface area contributed by atoms with Crippen molar-refractivity contribution in [2.45, 2.75) is 32.5 Å². The normalized spacial score (nSPS) is 17.8. The Kier molecular flexibility index (Phi) is 5.43. The lowest BCUT2D eigenvalue weighted by Crippen LogP contribution is -2.28. The molecule has 1 atom stereocenters. The fourth-order valence-electron chi connectivity index (χ4n) is 2.81. The number of nitrogens with zero attached hydrogens (tertiary/aromatic N) is 4. The van der Waals surface area contributed by atoms with Gasteiger partial charge in [-0.25, -0.2) is 4.98 Å². The zero-order valence-corrected chi connectivity index (χ0v) is 13.9. The van der Waals surface area contributed by atoms with Crippen LogP contribution in [0.25, 0.3) is 0 Å². The number of pyridine rings is 1. The Morgan fingerprint density at radius 1 is 1.42 bits per heavy atom. The maximum absolute atomic E-state index is 11.0. The summed E-state index contributed by atoms with van der Waals surface area (Å²) in [5.74, 6) is 0.749. The fourth-order valence-corrected chi connectivity index (χ4v) is 2.81. The maximum Gasteiger partial charge on any atom is 0.217 e. The number of hydrogen-bond acceptors (Lipinski definition) is 5. The molecule has 3 rings (SSSR count). The van der Waals surface area contributed by atoms with E-state index in [0.29, 0.717) is 6.54 Å². The van der Waals surface area contributed by atoms with Crippen LogP contribution in [0.4, 0.5) is 0 Å². The molecule has 1 aliphatic heterocycles. The molecule has 7 heteroatoms. The lowest BCUT2D eigenvalue weighted by Gasteiger charge is -2.17. The zero-order valence-electron chi connectivity index (χ0n) is 13.9. The summed E-state index contributed by atoms with van der Waals surface area (Å²) < 4.78 is 8.17. The van der Waals surface area contributed by atoms with Crippen molar-refractivity contribution in [1.82, 2.24) is 24.8 Å². The highest BCUT2D eigenvalue weighted by Gasteiger charge is 2.23. The van der Waals surface area contributed by atoms with Crippen LogP contribution in [0.5, 0.6) is 5.75 Å². The number of amides is 1. The Hall–Kier alpha value is -2.41. The van der Waals surface area contributed by atoms with Gasteiger partial charge in [0.1, 0.15) is 11.9 Å². The first-order chi connectivity index (χ1) is 11.7. The third kappa shape index (κ3) is 4.79. The van der Waals surface area contributed by atoms with Crippen LogP contribution in [0.1, 0.15) is 19.0 Å². The summed E-state index contributed by atoms with van der Waals surface area (Å²) in [5, 5.41) is 2.75. The van der Waals surface area contributed by atoms with Crippen LogP contribution in [0.3, 0.4) is 0 Å². The second-order valence-corrected chi connectivity index (χ2v) is 6.02. The number of ether oxygens (including phenoxy) is 1. The van der Waals surface area contributed by atoms with Crippen molar-refractivity contribution >= 4 is 5.91 Å². The van der Waals surface area contributed by atoms with Crippen LogP contribution >= 0.6 is 0 Å². The highest BCUT2D eigenvalue weighted by atomic mass is 16.5. The van der Waals surface area contributed by atoms with E-state index in [2.05, 4.69) is 24.8 Å². The summed E-state index contributed by atoms with van der Waals surface area (Å²) in [4.78, 5) is 21.7. The minimum Gasteiger partial charge on any atom is -0.489 e. The van der Waals surface area contributed by atoms with Gasteiger partial charge in [0.15, 0.2) is 0 Å². The summed E-state index contributed by atoms with van der Waals surface area (Å²) in [7, 11) is 0. The zero-order chi connectivity index (χ0) is 16.8. The van der Waals surface area contributed by atoms with Crippen molar-refractivity contribution in [3.05, 3.63) is 42.7 Å². The molecule has 1 amide bonds. The van der Waals surface area contributed by atoms with Gasteiger partial charge in [-0.2, -0.15) is 0 Å². The van der Waals surface area contributed by atoms with Gasteiger partial charge in [0.2, 0.25) is 5.91 Å². The summed E-state index contributed by atoms with van der Waals surface area (Å²) >= 11 is 0. The number of aromatic nitrogens is 3. The first-order valence-corrected chi connectivity index (χ1v) is 8.23. The molecule has 1 N–H and O–H groups in total. The lowest BCUT2D eigenvalue weighted by molar-refractivity contribution is -0.119. The Morgan fingerprint density at radius 3 is 3.12 bits per heavy atom. The number of hydrogen-bond donors (Lipinski definition) is 1. The van der Waals surface area contributed by atoms with E-state index in [9.17, 15) is 4.79 Å². The average Bonchev–Trinajstić information content (AvgIpc) is 3.23. The first kappa shape index (κ1) is 16.4. The van der Waals surface area contributed by atoms with E-state index in [0.717, 1.165) is 44.0 Å². The highest BCUT2D eigenvalue weighted by molar-refractivity contribution is 5.72. The largest absolute Gasteiger partial charge is 0.489 e. The number of nitrogens with one attached hydrogen (secondary N) is 1. The van der Waals surface area contributed by atoms with Gasteiger partial charge in [-0.15, -0.1) is 0 Å². The van der Waals surface area contributed by atoms with Crippen molar-refractivity contribution in [3.8, 4) is 5.75 Å². The first-order valence-electron chi connectivity index (χ1n) is 8.23. The molecule has 3 heterocycles. The van der Waals surface area contributed by atoms with E-state index in [4.69, 9.17) is 4.74 Å². The molecule has 0 aliphatic carbocycles. The second kappa shape index (κ2) is 7.92. The maximum atomic E-state index is 11.0. The fraction of sp³-hybridized carbons (Fsp3) is 0.471. The predicted molar refractivity (Wildman–Crippen MR) is 89.5 cm³/mol. The second-order valence-electron chi connectivity index (χ2n) is 6.02. The van der Waals surface area contributed by atoms with E-state index >= 15 is 0 Å². The molecule has 1 aliphatic rings.